The second-order valence-corrected chi connectivity index (χ2v) is 4.14. The minimum absolute atomic E-state index is 0.0862. The largest absolute Gasteiger partial charge is 0.481 e. The van der Waals surface area contributed by atoms with E-state index >= 15 is 0 Å². The maximum atomic E-state index is 11.8. The van der Waals surface area contributed by atoms with Crippen molar-refractivity contribution in [2.45, 2.75) is 26.2 Å². The van der Waals surface area contributed by atoms with E-state index in [2.05, 4.69) is 5.16 Å². The number of carboxylic acids is 1. The minimum atomic E-state index is -0.937. The van der Waals surface area contributed by atoms with Crippen molar-refractivity contribution in [1.29, 1.82) is 0 Å². The summed E-state index contributed by atoms with van der Waals surface area (Å²) in [7, 11) is 1.54. The average molecular weight is 240 g/mol. The van der Waals surface area contributed by atoms with Crippen LogP contribution >= 0.6 is 0 Å². The Morgan fingerprint density at radius 1 is 1.53 bits per heavy atom. The summed E-state index contributed by atoms with van der Waals surface area (Å²) < 4.78 is 5.01. The van der Waals surface area contributed by atoms with E-state index in [0.29, 0.717) is 5.76 Å². The first-order chi connectivity index (χ1) is 7.91. The van der Waals surface area contributed by atoms with Gasteiger partial charge in [-0.1, -0.05) is 19.0 Å². The van der Waals surface area contributed by atoms with Crippen molar-refractivity contribution in [1.82, 2.24) is 10.1 Å². The molecule has 17 heavy (non-hydrogen) atoms. The highest BCUT2D eigenvalue weighted by atomic mass is 16.5. The Hall–Kier alpha value is -1.85. The maximum Gasteiger partial charge on any atom is 0.305 e. The summed E-state index contributed by atoms with van der Waals surface area (Å²) in [4.78, 5) is 23.5. The van der Waals surface area contributed by atoms with Crippen LogP contribution in [0.4, 0.5) is 0 Å². The van der Waals surface area contributed by atoms with Gasteiger partial charge in [0.15, 0.2) is 5.69 Å². The molecule has 1 heterocycles. The first-order valence-electron chi connectivity index (χ1n) is 5.35. The lowest BCUT2D eigenvalue weighted by Crippen LogP contribution is -2.29. The van der Waals surface area contributed by atoms with Crippen LogP contribution in [0.1, 0.15) is 42.4 Å². The van der Waals surface area contributed by atoms with E-state index in [1.807, 2.05) is 13.8 Å². The van der Waals surface area contributed by atoms with Crippen LogP contribution in [0.3, 0.4) is 0 Å². The van der Waals surface area contributed by atoms with Gasteiger partial charge in [-0.25, -0.2) is 0 Å². The molecule has 0 aliphatic rings. The molecule has 1 rings (SSSR count). The Morgan fingerprint density at radius 2 is 2.18 bits per heavy atom. The number of amides is 1. The van der Waals surface area contributed by atoms with Crippen LogP contribution in [0.5, 0.6) is 0 Å². The van der Waals surface area contributed by atoms with E-state index in [0.717, 1.165) is 0 Å². The van der Waals surface area contributed by atoms with Gasteiger partial charge in [0.25, 0.3) is 5.91 Å². The lowest BCUT2D eigenvalue weighted by molar-refractivity contribution is -0.137. The van der Waals surface area contributed by atoms with E-state index in [9.17, 15) is 9.59 Å². The quantitative estimate of drug-likeness (QED) is 0.839. The van der Waals surface area contributed by atoms with Gasteiger partial charge in [-0.15, -0.1) is 0 Å². The monoisotopic (exact) mass is 240 g/mol. The zero-order chi connectivity index (χ0) is 13.0. The molecule has 0 fully saturated rings. The molecular weight excluding hydrogens is 224 g/mol. The molecule has 1 aromatic rings. The second kappa shape index (κ2) is 5.47. The van der Waals surface area contributed by atoms with Crippen molar-refractivity contribution in [2.75, 3.05) is 13.6 Å². The Morgan fingerprint density at radius 3 is 2.65 bits per heavy atom. The fourth-order valence-electron chi connectivity index (χ4n) is 1.22. The molecular formula is C11H16N2O4. The zero-order valence-corrected chi connectivity index (χ0v) is 10.1. The van der Waals surface area contributed by atoms with Crippen LogP contribution in [-0.4, -0.2) is 40.6 Å². The minimum Gasteiger partial charge on any atom is -0.481 e. The number of hydrogen-bond donors (Lipinski definition) is 1. The first-order valence-corrected chi connectivity index (χ1v) is 5.35. The number of hydrogen-bond acceptors (Lipinski definition) is 4. The molecule has 0 aliphatic carbocycles. The van der Waals surface area contributed by atoms with Crippen molar-refractivity contribution < 1.29 is 19.2 Å². The Bertz CT molecular complexity index is 411. The Kier molecular flexibility index (Phi) is 4.25. The number of rotatable bonds is 5. The lowest BCUT2D eigenvalue weighted by atomic mass is 10.1. The lowest BCUT2D eigenvalue weighted by Gasteiger charge is -2.13. The molecule has 0 unspecified atom stereocenters. The molecule has 0 spiro atoms. The predicted molar refractivity (Wildman–Crippen MR) is 59.8 cm³/mol. The van der Waals surface area contributed by atoms with Gasteiger partial charge >= 0.3 is 5.97 Å². The predicted octanol–water partition coefficient (Wildman–Crippen LogP) is 1.34. The summed E-state index contributed by atoms with van der Waals surface area (Å²) in [6.07, 6.45) is -0.0862. The van der Waals surface area contributed by atoms with E-state index < -0.39 is 5.97 Å². The van der Waals surface area contributed by atoms with Crippen molar-refractivity contribution in [3.63, 3.8) is 0 Å². The van der Waals surface area contributed by atoms with Gasteiger partial charge in [0.1, 0.15) is 5.76 Å². The highest BCUT2D eigenvalue weighted by Crippen LogP contribution is 2.15. The van der Waals surface area contributed by atoms with Crippen LogP contribution in [0, 0.1) is 0 Å². The van der Waals surface area contributed by atoms with Gasteiger partial charge in [-0.05, 0) is 0 Å². The SMILES string of the molecule is CC(C)c1cc(C(=O)N(C)CCC(=O)O)no1. The average Bonchev–Trinajstić information content (AvgIpc) is 2.73. The fourth-order valence-corrected chi connectivity index (χ4v) is 1.22. The third-order valence-corrected chi connectivity index (χ3v) is 2.32. The van der Waals surface area contributed by atoms with E-state index in [1.165, 1.54) is 11.9 Å². The standard InChI is InChI=1S/C11H16N2O4/c1-7(2)9-6-8(12-17-9)11(16)13(3)5-4-10(14)15/h6-7H,4-5H2,1-3H3,(H,14,15). The molecule has 1 amide bonds. The summed E-state index contributed by atoms with van der Waals surface area (Å²) >= 11 is 0. The van der Waals surface area contributed by atoms with Gasteiger partial charge < -0.3 is 14.5 Å². The molecule has 6 nitrogen and oxygen atoms in total. The normalized spacial score (nSPS) is 10.6. The first kappa shape index (κ1) is 13.2. The molecule has 0 atom stereocenters. The van der Waals surface area contributed by atoms with Gasteiger partial charge in [-0.2, -0.15) is 0 Å². The van der Waals surface area contributed by atoms with Crippen molar-refractivity contribution >= 4 is 11.9 Å². The van der Waals surface area contributed by atoms with Crippen LogP contribution in [0.25, 0.3) is 0 Å². The number of aromatic nitrogens is 1. The number of carbonyl (C=O) groups is 2. The fraction of sp³-hybridized carbons (Fsp3) is 0.545. The summed E-state index contributed by atoms with van der Waals surface area (Å²) in [5, 5.41) is 12.2. The van der Waals surface area contributed by atoms with Crippen LogP contribution in [0.15, 0.2) is 10.6 Å². The second-order valence-electron chi connectivity index (χ2n) is 4.14. The molecule has 0 saturated carbocycles. The maximum absolute atomic E-state index is 11.8. The highest BCUT2D eigenvalue weighted by molar-refractivity contribution is 5.92. The van der Waals surface area contributed by atoms with Crippen LogP contribution in [-0.2, 0) is 4.79 Å². The van der Waals surface area contributed by atoms with Gasteiger partial charge in [0.2, 0.25) is 0 Å². The van der Waals surface area contributed by atoms with Crippen molar-refractivity contribution in [3.05, 3.63) is 17.5 Å². The van der Waals surface area contributed by atoms with E-state index in [-0.39, 0.29) is 30.5 Å². The summed E-state index contributed by atoms with van der Waals surface area (Å²) in [6, 6.07) is 1.59. The van der Waals surface area contributed by atoms with Crippen LogP contribution < -0.4 is 0 Å². The third kappa shape index (κ3) is 3.58. The number of carbonyl (C=O) groups excluding carboxylic acids is 1. The number of carboxylic acid groups (broad SMARTS) is 1. The molecule has 6 heteroatoms. The smallest absolute Gasteiger partial charge is 0.305 e. The number of aliphatic carboxylic acids is 1. The molecule has 0 aliphatic heterocycles. The van der Waals surface area contributed by atoms with E-state index in [1.54, 1.807) is 6.07 Å². The van der Waals surface area contributed by atoms with Crippen molar-refractivity contribution in [2.24, 2.45) is 0 Å². The summed E-state index contributed by atoms with van der Waals surface area (Å²) in [5.74, 6) is -0.470. The third-order valence-electron chi connectivity index (χ3n) is 2.32. The molecule has 0 radical (unpaired) electrons. The molecule has 0 bridgehead atoms. The highest BCUT2D eigenvalue weighted by Gasteiger charge is 2.18. The summed E-state index contributed by atoms with van der Waals surface area (Å²) in [5.41, 5.74) is 0.210. The van der Waals surface area contributed by atoms with Gasteiger partial charge in [0, 0.05) is 25.6 Å². The van der Waals surface area contributed by atoms with E-state index in [4.69, 9.17) is 9.63 Å². The molecule has 94 valence electrons. The Labute approximate surface area is 99.2 Å². The molecule has 0 saturated heterocycles. The van der Waals surface area contributed by atoms with Crippen molar-refractivity contribution in [3.8, 4) is 0 Å². The number of nitrogens with zero attached hydrogens (tertiary/aromatic N) is 2. The molecule has 1 aromatic heterocycles. The molecule has 0 aromatic carbocycles. The topological polar surface area (TPSA) is 83.6 Å². The Balaban J connectivity index is 2.64. The molecule has 1 N–H and O–H groups in total. The zero-order valence-electron chi connectivity index (χ0n) is 10.1. The van der Waals surface area contributed by atoms with Crippen LogP contribution in [0.2, 0.25) is 0 Å². The van der Waals surface area contributed by atoms with Gasteiger partial charge in [-0.3, -0.25) is 9.59 Å². The summed E-state index contributed by atoms with van der Waals surface area (Å²) in [6.45, 7) is 4.02. The van der Waals surface area contributed by atoms with Gasteiger partial charge in [0.05, 0.1) is 6.42 Å².